The first kappa shape index (κ1) is 11.2. The van der Waals surface area contributed by atoms with Crippen LogP contribution in [0.3, 0.4) is 0 Å². The molecule has 1 unspecified atom stereocenters. The predicted molar refractivity (Wildman–Crippen MR) is 66.9 cm³/mol. The van der Waals surface area contributed by atoms with Crippen molar-refractivity contribution >= 4 is 5.95 Å². The molecule has 6 heteroatoms. The molecule has 0 fully saturated rings. The van der Waals surface area contributed by atoms with Gasteiger partial charge in [0.2, 0.25) is 11.8 Å². The normalized spacial score (nSPS) is 18.2. The van der Waals surface area contributed by atoms with Crippen LogP contribution in [0.1, 0.15) is 6.42 Å². The summed E-state index contributed by atoms with van der Waals surface area (Å²) in [4.78, 5) is 8.67. The fourth-order valence-electron chi connectivity index (χ4n) is 2.12. The number of pyridine rings is 1. The molecule has 0 saturated carbocycles. The van der Waals surface area contributed by atoms with Crippen molar-refractivity contribution in [2.24, 2.45) is 5.92 Å². The highest BCUT2D eigenvalue weighted by Gasteiger charge is 2.21. The van der Waals surface area contributed by atoms with Gasteiger partial charge in [0, 0.05) is 25.9 Å². The Kier molecular flexibility index (Phi) is 2.93. The van der Waals surface area contributed by atoms with Crippen molar-refractivity contribution in [2.45, 2.75) is 13.0 Å². The highest BCUT2D eigenvalue weighted by atomic mass is 16.3. The lowest BCUT2D eigenvalue weighted by Crippen LogP contribution is -2.28. The minimum Gasteiger partial charge on any atom is -0.396 e. The summed E-state index contributed by atoms with van der Waals surface area (Å²) in [7, 11) is 0. The monoisotopic (exact) mass is 245 g/mol. The molecule has 0 bridgehead atoms. The average Bonchev–Trinajstić information content (AvgIpc) is 2.83. The van der Waals surface area contributed by atoms with E-state index < -0.39 is 0 Å². The molecule has 2 aromatic rings. The number of aliphatic hydroxyl groups is 1. The van der Waals surface area contributed by atoms with Crippen molar-refractivity contribution in [3.63, 3.8) is 0 Å². The van der Waals surface area contributed by atoms with Gasteiger partial charge >= 0.3 is 0 Å². The van der Waals surface area contributed by atoms with Crippen LogP contribution in [0.5, 0.6) is 0 Å². The van der Waals surface area contributed by atoms with Crippen molar-refractivity contribution in [1.29, 1.82) is 0 Å². The van der Waals surface area contributed by atoms with E-state index in [0.717, 1.165) is 31.2 Å². The molecule has 1 atom stereocenters. The molecule has 0 amide bonds. The minimum absolute atomic E-state index is 0.212. The van der Waals surface area contributed by atoms with E-state index in [1.807, 2.05) is 22.9 Å². The topological polar surface area (TPSA) is 75.9 Å². The van der Waals surface area contributed by atoms with Crippen LogP contribution in [0.2, 0.25) is 0 Å². The molecular formula is C12H15N5O. The van der Waals surface area contributed by atoms with Gasteiger partial charge in [-0.05, 0) is 24.5 Å². The van der Waals surface area contributed by atoms with Crippen LogP contribution in [-0.4, -0.2) is 38.0 Å². The van der Waals surface area contributed by atoms with Gasteiger partial charge in [0.15, 0.2) is 0 Å². The molecule has 3 heterocycles. The number of fused-ring (bicyclic) bond motifs is 1. The Labute approximate surface area is 105 Å². The van der Waals surface area contributed by atoms with Crippen molar-refractivity contribution in [3.8, 4) is 11.5 Å². The summed E-state index contributed by atoms with van der Waals surface area (Å²) in [5.41, 5.74) is 0.778. The maximum atomic E-state index is 8.97. The van der Waals surface area contributed by atoms with Gasteiger partial charge in [0.1, 0.15) is 5.69 Å². The Morgan fingerprint density at radius 1 is 1.44 bits per heavy atom. The van der Waals surface area contributed by atoms with Gasteiger partial charge in [-0.25, -0.2) is 4.68 Å². The summed E-state index contributed by atoms with van der Waals surface area (Å²) in [5, 5.41) is 16.7. The molecular weight excluding hydrogens is 230 g/mol. The van der Waals surface area contributed by atoms with E-state index in [-0.39, 0.29) is 6.61 Å². The van der Waals surface area contributed by atoms with Gasteiger partial charge in [-0.2, -0.15) is 4.98 Å². The lowest BCUT2D eigenvalue weighted by Gasteiger charge is -2.22. The lowest BCUT2D eigenvalue weighted by atomic mass is 10.1. The van der Waals surface area contributed by atoms with Crippen LogP contribution < -0.4 is 5.32 Å². The van der Waals surface area contributed by atoms with Crippen LogP contribution in [0.25, 0.3) is 11.5 Å². The van der Waals surface area contributed by atoms with Gasteiger partial charge < -0.3 is 10.4 Å². The molecule has 0 aromatic carbocycles. The largest absolute Gasteiger partial charge is 0.396 e. The average molecular weight is 245 g/mol. The maximum Gasteiger partial charge on any atom is 0.221 e. The molecule has 0 radical (unpaired) electrons. The summed E-state index contributed by atoms with van der Waals surface area (Å²) in [6.07, 6.45) is 2.52. The second-order valence-electron chi connectivity index (χ2n) is 4.42. The first-order valence-corrected chi connectivity index (χ1v) is 6.08. The number of hydrogen-bond acceptors (Lipinski definition) is 5. The summed E-state index contributed by atoms with van der Waals surface area (Å²) in [6, 6.07) is 5.69. The highest BCUT2D eigenvalue weighted by molar-refractivity contribution is 5.50. The Hall–Kier alpha value is -1.95. The van der Waals surface area contributed by atoms with Crippen LogP contribution in [0, 0.1) is 5.92 Å². The van der Waals surface area contributed by atoms with E-state index in [2.05, 4.69) is 20.4 Å². The first-order valence-electron chi connectivity index (χ1n) is 6.08. The molecule has 2 aromatic heterocycles. The SMILES string of the molecule is OCCC1CNc2nc(-c3ccccn3)nn2C1. The fraction of sp³-hybridized carbons (Fsp3) is 0.417. The van der Waals surface area contributed by atoms with E-state index in [0.29, 0.717) is 11.7 Å². The molecule has 0 aliphatic carbocycles. The summed E-state index contributed by atoms with van der Waals surface area (Å²) in [6.45, 7) is 1.84. The van der Waals surface area contributed by atoms with Crippen molar-refractivity contribution in [3.05, 3.63) is 24.4 Å². The van der Waals surface area contributed by atoms with E-state index in [4.69, 9.17) is 5.11 Å². The number of anilines is 1. The third-order valence-corrected chi connectivity index (χ3v) is 3.08. The molecule has 1 aliphatic heterocycles. The summed E-state index contributed by atoms with van der Waals surface area (Å²) >= 11 is 0. The van der Waals surface area contributed by atoms with Crippen LogP contribution in [0.4, 0.5) is 5.95 Å². The van der Waals surface area contributed by atoms with E-state index in [9.17, 15) is 0 Å². The smallest absolute Gasteiger partial charge is 0.221 e. The zero-order valence-corrected chi connectivity index (χ0v) is 9.95. The van der Waals surface area contributed by atoms with Gasteiger partial charge in [-0.3, -0.25) is 4.98 Å². The van der Waals surface area contributed by atoms with Gasteiger partial charge in [0.25, 0.3) is 0 Å². The molecule has 6 nitrogen and oxygen atoms in total. The fourth-order valence-corrected chi connectivity index (χ4v) is 2.12. The van der Waals surface area contributed by atoms with Gasteiger partial charge in [-0.15, -0.1) is 5.10 Å². The van der Waals surface area contributed by atoms with Crippen molar-refractivity contribution < 1.29 is 5.11 Å². The zero-order chi connectivity index (χ0) is 12.4. The number of rotatable bonds is 3. The predicted octanol–water partition coefficient (Wildman–Crippen LogP) is 0.764. The Balaban J connectivity index is 1.85. The van der Waals surface area contributed by atoms with Crippen LogP contribution in [-0.2, 0) is 6.54 Å². The second kappa shape index (κ2) is 4.73. The van der Waals surface area contributed by atoms with E-state index in [1.54, 1.807) is 6.20 Å². The number of nitrogens with one attached hydrogen (secondary N) is 1. The number of nitrogens with zero attached hydrogens (tertiary/aromatic N) is 4. The second-order valence-corrected chi connectivity index (χ2v) is 4.42. The maximum absolute atomic E-state index is 8.97. The molecule has 3 rings (SSSR count). The molecule has 2 N–H and O–H groups in total. The van der Waals surface area contributed by atoms with Gasteiger partial charge in [-0.1, -0.05) is 6.07 Å². The lowest BCUT2D eigenvalue weighted by molar-refractivity contribution is 0.244. The van der Waals surface area contributed by atoms with Crippen LogP contribution >= 0.6 is 0 Å². The molecule has 1 aliphatic rings. The number of hydrogen-bond donors (Lipinski definition) is 2. The Bertz CT molecular complexity index is 525. The quantitative estimate of drug-likeness (QED) is 0.835. The third-order valence-electron chi connectivity index (χ3n) is 3.08. The first-order chi connectivity index (χ1) is 8.86. The Morgan fingerprint density at radius 2 is 2.39 bits per heavy atom. The van der Waals surface area contributed by atoms with Crippen molar-refractivity contribution in [2.75, 3.05) is 18.5 Å². The number of aliphatic hydroxyl groups excluding tert-OH is 1. The third kappa shape index (κ3) is 2.06. The minimum atomic E-state index is 0.212. The molecule has 18 heavy (non-hydrogen) atoms. The van der Waals surface area contributed by atoms with Crippen molar-refractivity contribution in [1.82, 2.24) is 19.7 Å². The van der Waals surface area contributed by atoms with E-state index >= 15 is 0 Å². The Morgan fingerprint density at radius 3 is 3.17 bits per heavy atom. The number of aromatic nitrogens is 4. The standard InChI is InChI=1S/C12H15N5O/c18-6-4-9-7-14-12-15-11(16-17(12)8-9)10-3-1-2-5-13-10/h1-3,5,9,18H,4,6-8H2,(H,14,15,16). The molecule has 0 saturated heterocycles. The summed E-state index contributed by atoms with van der Waals surface area (Å²) in [5.74, 6) is 1.83. The zero-order valence-electron chi connectivity index (χ0n) is 9.95. The van der Waals surface area contributed by atoms with Gasteiger partial charge in [0.05, 0.1) is 0 Å². The van der Waals surface area contributed by atoms with E-state index in [1.165, 1.54) is 0 Å². The molecule has 0 spiro atoms. The molecule has 94 valence electrons. The highest BCUT2D eigenvalue weighted by Crippen LogP contribution is 2.21. The van der Waals surface area contributed by atoms with Crippen LogP contribution in [0.15, 0.2) is 24.4 Å². The summed E-state index contributed by atoms with van der Waals surface area (Å²) < 4.78 is 1.86.